The van der Waals surface area contributed by atoms with Gasteiger partial charge in [0.2, 0.25) is 0 Å². The molecule has 1 unspecified atom stereocenters. The quantitative estimate of drug-likeness (QED) is 0.916. The zero-order chi connectivity index (χ0) is 18.0. The summed E-state index contributed by atoms with van der Waals surface area (Å²) in [6.45, 7) is 11.8. The van der Waals surface area contributed by atoms with Crippen molar-refractivity contribution in [3.05, 3.63) is 24.0 Å². The fourth-order valence-corrected chi connectivity index (χ4v) is 4.15. The van der Waals surface area contributed by atoms with Crippen molar-refractivity contribution in [2.45, 2.75) is 46.1 Å². The molecular weight excluding hydrogens is 312 g/mol. The molecule has 1 aromatic rings. The third-order valence-corrected chi connectivity index (χ3v) is 6.00. The average molecular weight is 345 g/mol. The van der Waals surface area contributed by atoms with Crippen molar-refractivity contribution in [1.29, 1.82) is 0 Å². The number of nitrogens with zero attached hydrogens (tertiary/aromatic N) is 3. The smallest absolute Gasteiger partial charge is 0.269 e. The number of hydrogen-bond acceptors (Lipinski definition) is 4. The lowest BCUT2D eigenvalue weighted by molar-refractivity contribution is 0.0958. The fraction of sp³-hybridized carbons (Fsp3) is 0.700. The molecule has 0 bridgehead atoms. The Hall–Kier alpha value is -1.62. The number of anilines is 1. The van der Waals surface area contributed by atoms with E-state index >= 15 is 0 Å². The molecule has 2 aliphatic rings. The first kappa shape index (κ1) is 18.2. The van der Waals surface area contributed by atoms with E-state index in [-0.39, 0.29) is 5.91 Å². The number of carbonyl (C=O) groups is 1. The van der Waals surface area contributed by atoms with Crippen LogP contribution in [0.5, 0.6) is 0 Å². The molecule has 2 saturated heterocycles. The molecular formula is C20H32N4O. The summed E-state index contributed by atoms with van der Waals surface area (Å²) < 4.78 is 0. The molecule has 25 heavy (non-hydrogen) atoms. The first-order valence-corrected chi connectivity index (χ1v) is 9.55. The first-order chi connectivity index (χ1) is 11.9. The van der Waals surface area contributed by atoms with E-state index in [1.807, 2.05) is 18.3 Å². The van der Waals surface area contributed by atoms with E-state index in [2.05, 4.69) is 40.9 Å². The Morgan fingerprint density at radius 3 is 2.40 bits per heavy atom. The minimum Gasteiger partial charge on any atom is -0.370 e. The van der Waals surface area contributed by atoms with Crippen LogP contribution >= 0.6 is 0 Å². The zero-order valence-electron chi connectivity index (χ0n) is 16.1. The Morgan fingerprint density at radius 2 is 1.88 bits per heavy atom. The van der Waals surface area contributed by atoms with Gasteiger partial charge in [-0.25, -0.2) is 4.98 Å². The van der Waals surface area contributed by atoms with Crippen LogP contribution in [0.1, 0.15) is 50.5 Å². The fourth-order valence-electron chi connectivity index (χ4n) is 4.15. The minimum atomic E-state index is -0.132. The van der Waals surface area contributed by atoms with Gasteiger partial charge in [0.15, 0.2) is 0 Å². The van der Waals surface area contributed by atoms with Crippen LogP contribution in [0, 0.1) is 11.3 Å². The van der Waals surface area contributed by atoms with Crippen LogP contribution in [0.4, 0.5) is 5.69 Å². The number of carbonyl (C=O) groups excluding carboxylic acids is 1. The van der Waals surface area contributed by atoms with Gasteiger partial charge < -0.3 is 10.2 Å². The van der Waals surface area contributed by atoms with Gasteiger partial charge in [-0.3, -0.25) is 9.69 Å². The molecule has 1 aromatic heterocycles. The van der Waals surface area contributed by atoms with E-state index in [0.29, 0.717) is 11.1 Å². The van der Waals surface area contributed by atoms with E-state index in [4.69, 9.17) is 0 Å². The highest BCUT2D eigenvalue weighted by Gasteiger charge is 2.35. The molecule has 0 spiro atoms. The maximum atomic E-state index is 11.6. The number of piperidine rings is 1. The van der Waals surface area contributed by atoms with Crippen LogP contribution in [0.15, 0.2) is 18.3 Å². The molecule has 5 heteroatoms. The van der Waals surface area contributed by atoms with E-state index in [1.165, 1.54) is 32.4 Å². The highest BCUT2D eigenvalue weighted by Crippen LogP contribution is 2.35. The van der Waals surface area contributed by atoms with Gasteiger partial charge in [-0.15, -0.1) is 0 Å². The van der Waals surface area contributed by atoms with Crippen molar-refractivity contribution in [3.8, 4) is 0 Å². The molecule has 138 valence electrons. The van der Waals surface area contributed by atoms with Crippen LogP contribution in [0.2, 0.25) is 0 Å². The number of nitrogens with one attached hydrogen (secondary N) is 1. The number of aromatic nitrogens is 1. The minimum absolute atomic E-state index is 0.132. The largest absolute Gasteiger partial charge is 0.370 e. The van der Waals surface area contributed by atoms with E-state index in [9.17, 15) is 4.79 Å². The molecule has 1 atom stereocenters. The Labute approximate surface area is 151 Å². The zero-order valence-corrected chi connectivity index (χ0v) is 16.1. The molecule has 0 aliphatic carbocycles. The SMILES string of the molecule is CNC(=O)c1ccc(N2CCC(N3CCC(C(C)(C)C)C3)CC2)cn1. The monoisotopic (exact) mass is 344 g/mol. The lowest BCUT2D eigenvalue weighted by atomic mass is 9.80. The summed E-state index contributed by atoms with van der Waals surface area (Å²) >= 11 is 0. The highest BCUT2D eigenvalue weighted by atomic mass is 16.1. The molecule has 0 saturated carbocycles. The predicted molar refractivity (Wildman–Crippen MR) is 102 cm³/mol. The second-order valence-electron chi connectivity index (χ2n) is 8.55. The number of amides is 1. The number of hydrogen-bond donors (Lipinski definition) is 1. The summed E-state index contributed by atoms with van der Waals surface area (Å²) in [6, 6.07) is 4.56. The maximum Gasteiger partial charge on any atom is 0.269 e. The topological polar surface area (TPSA) is 48.5 Å². The molecule has 1 N–H and O–H groups in total. The van der Waals surface area contributed by atoms with Gasteiger partial charge in [0, 0.05) is 32.7 Å². The lowest BCUT2D eigenvalue weighted by Gasteiger charge is -2.38. The van der Waals surface area contributed by atoms with Crippen molar-refractivity contribution in [2.24, 2.45) is 11.3 Å². The molecule has 2 fully saturated rings. The Bertz CT molecular complexity index is 585. The summed E-state index contributed by atoms with van der Waals surface area (Å²) in [5.41, 5.74) is 2.03. The summed E-state index contributed by atoms with van der Waals surface area (Å²) in [7, 11) is 1.63. The lowest BCUT2D eigenvalue weighted by Crippen LogP contribution is -2.44. The van der Waals surface area contributed by atoms with Crippen LogP contribution in [-0.4, -0.2) is 55.1 Å². The third-order valence-electron chi connectivity index (χ3n) is 6.00. The molecule has 0 radical (unpaired) electrons. The van der Waals surface area contributed by atoms with Crippen molar-refractivity contribution in [2.75, 3.05) is 38.1 Å². The second kappa shape index (κ2) is 7.32. The van der Waals surface area contributed by atoms with Crippen molar-refractivity contribution < 1.29 is 4.79 Å². The summed E-state index contributed by atoms with van der Waals surface area (Å²) in [6.07, 6.45) is 5.60. The molecule has 5 nitrogen and oxygen atoms in total. The molecule has 0 aromatic carbocycles. The van der Waals surface area contributed by atoms with Gasteiger partial charge in [-0.2, -0.15) is 0 Å². The normalized spacial score (nSPS) is 23.0. The van der Waals surface area contributed by atoms with Gasteiger partial charge in [-0.05, 0) is 49.3 Å². The Balaban J connectivity index is 1.53. The van der Waals surface area contributed by atoms with Crippen molar-refractivity contribution in [3.63, 3.8) is 0 Å². The van der Waals surface area contributed by atoms with E-state index in [0.717, 1.165) is 30.7 Å². The van der Waals surface area contributed by atoms with Crippen molar-refractivity contribution >= 4 is 11.6 Å². The van der Waals surface area contributed by atoms with Crippen molar-refractivity contribution in [1.82, 2.24) is 15.2 Å². The summed E-state index contributed by atoms with van der Waals surface area (Å²) in [5.74, 6) is 0.694. The van der Waals surface area contributed by atoms with Crippen LogP contribution in [0.25, 0.3) is 0 Å². The van der Waals surface area contributed by atoms with Crippen LogP contribution in [-0.2, 0) is 0 Å². The predicted octanol–water partition coefficient (Wildman–Crippen LogP) is 2.78. The van der Waals surface area contributed by atoms with Gasteiger partial charge in [0.25, 0.3) is 5.91 Å². The van der Waals surface area contributed by atoms with Gasteiger partial charge in [0.1, 0.15) is 5.69 Å². The van der Waals surface area contributed by atoms with E-state index < -0.39 is 0 Å². The standard InChI is InChI=1S/C20H32N4O/c1-20(2,3)15-7-10-24(14-15)16-8-11-23(12-9-16)17-5-6-18(22-13-17)19(25)21-4/h5-6,13,15-16H,7-12,14H2,1-4H3,(H,21,25). The van der Waals surface area contributed by atoms with E-state index in [1.54, 1.807) is 7.05 Å². The number of likely N-dealkylation sites (tertiary alicyclic amines) is 1. The molecule has 3 heterocycles. The molecule has 3 rings (SSSR count). The average Bonchev–Trinajstić information content (AvgIpc) is 3.12. The van der Waals surface area contributed by atoms with Crippen LogP contribution in [0.3, 0.4) is 0 Å². The maximum absolute atomic E-state index is 11.6. The number of rotatable bonds is 3. The highest BCUT2D eigenvalue weighted by molar-refractivity contribution is 5.92. The van der Waals surface area contributed by atoms with Gasteiger partial charge in [0.05, 0.1) is 11.9 Å². The Morgan fingerprint density at radius 1 is 1.16 bits per heavy atom. The molecule has 2 aliphatic heterocycles. The van der Waals surface area contributed by atoms with Crippen LogP contribution < -0.4 is 10.2 Å². The van der Waals surface area contributed by atoms with Gasteiger partial charge in [-0.1, -0.05) is 20.8 Å². The summed E-state index contributed by atoms with van der Waals surface area (Å²) in [5, 5.41) is 2.61. The second-order valence-corrected chi connectivity index (χ2v) is 8.55. The number of pyridine rings is 1. The third kappa shape index (κ3) is 4.14. The summed E-state index contributed by atoms with van der Waals surface area (Å²) in [4.78, 5) is 21.0. The van der Waals surface area contributed by atoms with Gasteiger partial charge >= 0.3 is 0 Å². The Kier molecular flexibility index (Phi) is 5.32. The first-order valence-electron chi connectivity index (χ1n) is 9.55. The molecule has 1 amide bonds.